The van der Waals surface area contributed by atoms with Gasteiger partial charge in [0, 0.05) is 10.9 Å². The lowest BCUT2D eigenvalue weighted by Gasteiger charge is -2.24. The van der Waals surface area contributed by atoms with Crippen molar-refractivity contribution in [3.63, 3.8) is 0 Å². The van der Waals surface area contributed by atoms with Gasteiger partial charge >= 0.3 is 0 Å². The number of nitrogens with two attached hydrogens (primary N) is 1. The fourth-order valence-electron chi connectivity index (χ4n) is 1.89. The molecule has 2 unspecified atom stereocenters. The second kappa shape index (κ2) is 6.94. The molecule has 0 saturated carbocycles. The Labute approximate surface area is 137 Å². The third kappa shape index (κ3) is 3.76. The molecular formula is C15H17BrClNOS. The van der Waals surface area contributed by atoms with Gasteiger partial charge in [0.05, 0.1) is 8.81 Å². The summed E-state index contributed by atoms with van der Waals surface area (Å²) >= 11 is 11.4. The van der Waals surface area contributed by atoms with Gasteiger partial charge in [0.1, 0.15) is 11.9 Å². The zero-order valence-corrected chi connectivity index (χ0v) is 14.6. The standard InChI is InChI=1S/C15H17BrClNOS/c1-3-11(18)15(13-6-7-14(16)20-13)19-12-5-4-9(2)8-10(12)17/h4-8,11,15H,3,18H2,1-2H3. The molecule has 5 heteroatoms. The summed E-state index contributed by atoms with van der Waals surface area (Å²) in [6, 6.07) is 9.76. The Morgan fingerprint density at radius 2 is 2.10 bits per heavy atom. The molecular weight excluding hydrogens is 358 g/mol. The van der Waals surface area contributed by atoms with Crippen molar-refractivity contribution in [1.29, 1.82) is 0 Å². The van der Waals surface area contributed by atoms with Crippen LogP contribution in [0.4, 0.5) is 0 Å². The maximum atomic E-state index is 6.24. The second-order valence-corrected chi connectivity index (χ2v) is 7.59. The van der Waals surface area contributed by atoms with E-state index < -0.39 is 0 Å². The van der Waals surface area contributed by atoms with E-state index in [9.17, 15) is 0 Å². The lowest BCUT2D eigenvalue weighted by molar-refractivity contribution is 0.175. The SMILES string of the molecule is CCC(N)C(Oc1ccc(C)cc1Cl)c1ccc(Br)s1. The molecule has 1 heterocycles. The van der Waals surface area contributed by atoms with Gasteiger partial charge in [-0.25, -0.2) is 0 Å². The predicted molar refractivity (Wildman–Crippen MR) is 89.8 cm³/mol. The molecule has 20 heavy (non-hydrogen) atoms. The van der Waals surface area contributed by atoms with Crippen LogP contribution in [0, 0.1) is 6.92 Å². The summed E-state index contributed by atoms with van der Waals surface area (Å²) in [5, 5.41) is 0.619. The minimum absolute atomic E-state index is 0.0714. The van der Waals surface area contributed by atoms with Gasteiger partial charge in [0.25, 0.3) is 0 Å². The molecule has 1 aromatic heterocycles. The van der Waals surface area contributed by atoms with Gasteiger partial charge in [-0.05, 0) is 59.1 Å². The molecule has 2 aromatic rings. The van der Waals surface area contributed by atoms with Crippen LogP contribution in [-0.4, -0.2) is 6.04 Å². The average molecular weight is 375 g/mol. The smallest absolute Gasteiger partial charge is 0.148 e. The van der Waals surface area contributed by atoms with Crippen LogP contribution in [-0.2, 0) is 0 Å². The van der Waals surface area contributed by atoms with E-state index in [0.717, 1.165) is 20.6 Å². The van der Waals surface area contributed by atoms with E-state index in [1.165, 1.54) is 0 Å². The van der Waals surface area contributed by atoms with Crippen molar-refractivity contribution >= 4 is 38.9 Å². The molecule has 2 atom stereocenters. The number of thiophene rings is 1. The van der Waals surface area contributed by atoms with E-state index in [0.29, 0.717) is 10.8 Å². The van der Waals surface area contributed by atoms with Crippen molar-refractivity contribution < 1.29 is 4.74 Å². The highest BCUT2D eigenvalue weighted by molar-refractivity contribution is 9.11. The Morgan fingerprint density at radius 3 is 2.65 bits per heavy atom. The first kappa shape index (κ1) is 15.8. The van der Waals surface area contributed by atoms with Gasteiger partial charge in [0.15, 0.2) is 0 Å². The quantitative estimate of drug-likeness (QED) is 0.767. The van der Waals surface area contributed by atoms with Crippen molar-refractivity contribution in [3.05, 3.63) is 49.6 Å². The van der Waals surface area contributed by atoms with Crippen molar-refractivity contribution in [2.45, 2.75) is 32.4 Å². The van der Waals surface area contributed by atoms with Crippen LogP contribution in [0.5, 0.6) is 5.75 Å². The fourth-order valence-corrected chi connectivity index (χ4v) is 3.70. The van der Waals surface area contributed by atoms with Crippen molar-refractivity contribution in [2.75, 3.05) is 0 Å². The van der Waals surface area contributed by atoms with Crippen LogP contribution in [0.15, 0.2) is 34.1 Å². The maximum Gasteiger partial charge on any atom is 0.148 e. The Morgan fingerprint density at radius 1 is 1.35 bits per heavy atom. The molecule has 0 aliphatic rings. The summed E-state index contributed by atoms with van der Waals surface area (Å²) in [4.78, 5) is 1.10. The van der Waals surface area contributed by atoms with Gasteiger partial charge < -0.3 is 10.5 Å². The van der Waals surface area contributed by atoms with E-state index in [2.05, 4.69) is 22.9 Å². The topological polar surface area (TPSA) is 35.2 Å². The van der Waals surface area contributed by atoms with Crippen LogP contribution < -0.4 is 10.5 Å². The van der Waals surface area contributed by atoms with Crippen LogP contribution in [0.3, 0.4) is 0 Å². The first-order valence-corrected chi connectivity index (χ1v) is 8.43. The molecule has 2 nitrogen and oxygen atoms in total. The van der Waals surface area contributed by atoms with Crippen LogP contribution in [0.2, 0.25) is 5.02 Å². The van der Waals surface area contributed by atoms with E-state index in [4.69, 9.17) is 22.1 Å². The van der Waals surface area contributed by atoms with Crippen molar-refractivity contribution in [1.82, 2.24) is 0 Å². The van der Waals surface area contributed by atoms with Gasteiger partial charge in [-0.2, -0.15) is 0 Å². The molecule has 0 spiro atoms. The molecule has 1 aromatic carbocycles. The minimum Gasteiger partial charge on any atom is -0.482 e. The molecule has 0 amide bonds. The Kier molecular flexibility index (Phi) is 5.49. The molecule has 108 valence electrons. The molecule has 0 aliphatic heterocycles. The Balaban J connectivity index is 2.28. The largest absolute Gasteiger partial charge is 0.482 e. The highest BCUT2D eigenvalue weighted by Gasteiger charge is 2.23. The summed E-state index contributed by atoms with van der Waals surface area (Å²) in [6.07, 6.45) is 0.653. The monoisotopic (exact) mass is 373 g/mol. The zero-order chi connectivity index (χ0) is 14.7. The van der Waals surface area contributed by atoms with Crippen LogP contribution >= 0.6 is 38.9 Å². The lowest BCUT2D eigenvalue weighted by atomic mass is 10.1. The van der Waals surface area contributed by atoms with Crippen LogP contribution in [0.1, 0.15) is 29.9 Å². The summed E-state index contributed by atoms with van der Waals surface area (Å²) in [5.74, 6) is 0.677. The van der Waals surface area contributed by atoms with E-state index >= 15 is 0 Å². The number of rotatable bonds is 5. The van der Waals surface area contributed by atoms with E-state index in [1.807, 2.05) is 37.3 Å². The van der Waals surface area contributed by atoms with E-state index in [1.54, 1.807) is 11.3 Å². The molecule has 0 saturated heterocycles. The number of hydrogen-bond acceptors (Lipinski definition) is 3. The number of benzene rings is 1. The van der Waals surface area contributed by atoms with E-state index in [-0.39, 0.29) is 12.1 Å². The minimum atomic E-state index is -0.184. The van der Waals surface area contributed by atoms with Crippen molar-refractivity contribution in [3.8, 4) is 5.75 Å². The predicted octanol–water partition coefficient (Wildman–Crippen LogP) is 5.33. The van der Waals surface area contributed by atoms with Gasteiger partial charge in [-0.1, -0.05) is 24.6 Å². The summed E-state index contributed by atoms with van der Waals surface area (Å²) in [6.45, 7) is 4.06. The Bertz CT molecular complexity index is 587. The second-order valence-electron chi connectivity index (χ2n) is 4.69. The van der Waals surface area contributed by atoms with Crippen molar-refractivity contribution in [2.24, 2.45) is 5.73 Å². The normalized spacial score (nSPS) is 14.1. The summed E-state index contributed by atoms with van der Waals surface area (Å²) in [5.41, 5.74) is 7.32. The summed E-state index contributed by atoms with van der Waals surface area (Å²) in [7, 11) is 0. The molecule has 0 radical (unpaired) electrons. The summed E-state index contributed by atoms with van der Waals surface area (Å²) < 4.78 is 7.15. The molecule has 0 bridgehead atoms. The average Bonchev–Trinajstić information content (AvgIpc) is 2.83. The first-order valence-electron chi connectivity index (χ1n) is 6.45. The maximum absolute atomic E-state index is 6.24. The lowest BCUT2D eigenvalue weighted by Crippen LogP contribution is -2.31. The van der Waals surface area contributed by atoms with Gasteiger partial charge in [-0.15, -0.1) is 11.3 Å². The third-order valence-corrected chi connectivity index (χ3v) is 5.06. The van der Waals surface area contributed by atoms with Gasteiger partial charge in [-0.3, -0.25) is 0 Å². The number of ether oxygens (including phenoxy) is 1. The number of halogens is 2. The Hall–Kier alpha value is -0.550. The highest BCUT2D eigenvalue weighted by Crippen LogP contribution is 2.35. The van der Waals surface area contributed by atoms with Gasteiger partial charge in [0.2, 0.25) is 0 Å². The highest BCUT2D eigenvalue weighted by atomic mass is 79.9. The van der Waals surface area contributed by atoms with Crippen LogP contribution in [0.25, 0.3) is 0 Å². The first-order chi connectivity index (χ1) is 9.51. The molecule has 2 N–H and O–H groups in total. The fraction of sp³-hybridized carbons (Fsp3) is 0.333. The number of hydrogen-bond donors (Lipinski definition) is 1. The zero-order valence-electron chi connectivity index (χ0n) is 11.4. The third-order valence-electron chi connectivity index (χ3n) is 3.08. The molecule has 0 aliphatic carbocycles. The molecule has 0 fully saturated rings. The number of aryl methyl sites for hydroxylation is 1. The molecule has 2 rings (SSSR count).